The highest BCUT2D eigenvalue weighted by atomic mass is 15.1. The van der Waals surface area contributed by atoms with Crippen molar-refractivity contribution in [3.63, 3.8) is 0 Å². The predicted octanol–water partition coefficient (Wildman–Crippen LogP) is 1.59. The van der Waals surface area contributed by atoms with Gasteiger partial charge in [-0.2, -0.15) is 10.5 Å². The molecule has 5 nitrogen and oxygen atoms in total. The van der Waals surface area contributed by atoms with Crippen LogP contribution in [-0.4, -0.2) is 28.0 Å². The summed E-state index contributed by atoms with van der Waals surface area (Å²) in [6.07, 6.45) is 3.95. The minimum atomic E-state index is -0.0656. The summed E-state index contributed by atoms with van der Waals surface area (Å²) in [7, 11) is 0. The van der Waals surface area contributed by atoms with E-state index in [2.05, 4.69) is 27.0 Å². The van der Waals surface area contributed by atoms with Crippen LogP contribution in [0.3, 0.4) is 0 Å². The molecule has 0 unspecified atom stereocenters. The van der Waals surface area contributed by atoms with E-state index < -0.39 is 0 Å². The van der Waals surface area contributed by atoms with Crippen LogP contribution in [0.15, 0.2) is 6.20 Å². The smallest absolute Gasteiger partial charge is 0.125 e. The maximum Gasteiger partial charge on any atom is 0.125 e. The van der Waals surface area contributed by atoms with E-state index in [0.29, 0.717) is 12.8 Å². The number of aryl methyl sites for hydroxylation is 1. The van der Waals surface area contributed by atoms with Crippen LogP contribution in [0.1, 0.15) is 29.9 Å². The molecule has 0 bridgehead atoms. The molecule has 1 aliphatic heterocycles. The van der Waals surface area contributed by atoms with Crippen molar-refractivity contribution in [2.45, 2.75) is 32.7 Å². The van der Waals surface area contributed by atoms with Gasteiger partial charge in [0.25, 0.3) is 0 Å². The Morgan fingerprint density at radius 3 is 3.05 bits per heavy atom. The molecule has 19 heavy (non-hydrogen) atoms. The normalized spacial score (nSPS) is 16.2. The van der Waals surface area contributed by atoms with Gasteiger partial charge in [0, 0.05) is 32.3 Å². The van der Waals surface area contributed by atoms with E-state index in [1.54, 1.807) is 0 Å². The Bertz CT molecular complexity index is 526. The van der Waals surface area contributed by atoms with Crippen molar-refractivity contribution in [3.8, 4) is 12.1 Å². The van der Waals surface area contributed by atoms with Gasteiger partial charge in [0.1, 0.15) is 5.82 Å². The third kappa shape index (κ3) is 3.49. The summed E-state index contributed by atoms with van der Waals surface area (Å²) in [5.74, 6) is 0.728. The SMILES string of the molecule is Cc1ncc2c(n1)CN(C[C@@H](C#N)CCC#N)CC2. The van der Waals surface area contributed by atoms with E-state index in [4.69, 9.17) is 10.5 Å². The van der Waals surface area contributed by atoms with Crippen molar-refractivity contribution in [3.05, 3.63) is 23.3 Å². The van der Waals surface area contributed by atoms with Gasteiger partial charge >= 0.3 is 0 Å². The molecule has 98 valence electrons. The zero-order valence-electron chi connectivity index (χ0n) is 11.1. The Morgan fingerprint density at radius 1 is 1.47 bits per heavy atom. The molecule has 1 aromatic heterocycles. The van der Waals surface area contributed by atoms with Gasteiger partial charge in [-0.25, -0.2) is 9.97 Å². The number of nitrogens with zero attached hydrogens (tertiary/aromatic N) is 5. The molecule has 1 atom stereocenters. The molecule has 1 aromatic rings. The van der Waals surface area contributed by atoms with Crippen molar-refractivity contribution in [1.82, 2.24) is 14.9 Å². The van der Waals surface area contributed by atoms with Gasteiger partial charge in [-0.1, -0.05) is 0 Å². The largest absolute Gasteiger partial charge is 0.296 e. The van der Waals surface area contributed by atoms with E-state index in [1.807, 2.05) is 13.1 Å². The van der Waals surface area contributed by atoms with E-state index in [9.17, 15) is 0 Å². The van der Waals surface area contributed by atoms with Gasteiger partial charge in [0.05, 0.1) is 23.8 Å². The summed E-state index contributed by atoms with van der Waals surface area (Å²) in [4.78, 5) is 10.9. The van der Waals surface area contributed by atoms with Crippen molar-refractivity contribution >= 4 is 0 Å². The molecule has 2 rings (SSSR count). The first kappa shape index (κ1) is 13.5. The third-order valence-electron chi connectivity index (χ3n) is 3.41. The molecule has 5 heteroatoms. The fourth-order valence-electron chi connectivity index (χ4n) is 2.36. The van der Waals surface area contributed by atoms with Crippen LogP contribution in [0.25, 0.3) is 0 Å². The molecule has 0 aromatic carbocycles. The first-order chi connectivity index (χ1) is 9.22. The fraction of sp³-hybridized carbons (Fsp3) is 0.571. The highest BCUT2D eigenvalue weighted by molar-refractivity contribution is 5.20. The van der Waals surface area contributed by atoms with Gasteiger partial charge in [0.2, 0.25) is 0 Å². The Kier molecular flexibility index (Phi) is 4.43. The lowest BCUT2D eigenvalue weighted by molar-refractivity contribution is 0.224. The van der Waals surface area contributed by atoms with E-state index in [1.165, 1.54) is 5.56 Å². The molecule has 0 amide bonds. The van der Waals surface area contributed by atoms with Crippen LogP contribution < -0.4 is 0 Å². The lowest BCUT2D eigenvalue weighted by atomic mass is 10.0. The van der Waals surface area contributed by atoms with Crippen LogP contribution in [0.4, 0.5) is 0 Å². The molecule has 0 fully saturated rings. The average Bonchev–Trinajstić information content (AvgIpc) is 2.43. The molecular weight excluding hydrogens is 238 g/mol. The summed E-state index contributed by atoms with van der Waals surface area (Å²) in [5, 5.41) is 17.7. The van der Waals surface area contributed by atoms with Crippen molar-refractivity contribution in [1.29, 1.82) is 10.5 Å². The van der Waals surface area contributed by atoms with E-state index in [0.717, 1.165) is 37.6 Å². The van der Waals surface area contributed by atoms with Crippen LogP contribution >= 0.6 is 0 Å². The highest BCUT2D eigenvalue weighted by Crippen LogP contribution is 2.18. The molecule has 0 N–H and O–H groups in total. The summed E-state index contributed by atoms with van der Waals surface area (Å²) in [6.45, 7) is 4.33. The van der Waals surface area contributed by atoms with Crippen molar-refractivity contribution < 1.29 is 0 Å². The summed E-state index contributed by atoms with van der Waals surface area (Å²) in [6, 6.07) is 4.40. The lowest BCUT2D eigenvalue weighted by Crippen LogP contribution is -2.35. The van der Waals surface area contributed by atoms with E-state index >= 15 is 0 Å². The zero-order chi connectivity index (χ0) is 13.7. The monoisotopic (exact) mass is 255 g/mol. The molecule has 0 radical (unpaired) electrons. The molecule has 0 aliphatic carbocycles. The molecule has 0 saturated heterocycles. The van der Waals surface area contributed by atoms with E-state index in [-0.39, 0.29) is 5.92 Å². The van der Waals surface area contributed by atoms with Crippen LogP contribution in [0, 0.1) is 35.5 Å². The Hall–Kier alpha value is -1.98. The van der Waals surface area contributed by atoms with Gasteiger partial charge in [-0.3, -0.25) is 4.90 Å². The maximum atomic E-state index is 9.11. The second-order valence-corrected chi connectivity index (χ2v) is 4.90. The van der Waals surface area contributed by atoms with Gasteiger partial charge in [0.15, 0.2) is 0 Å². The minimum Gasteiger partial charge on any atom is -0.296 e. The summed E-state index contributed by atoms with van der Waals surface area (Å²) < 4.78 is 0. The Balaban J connectivity index is 1.98. The Morgan fingerprint density at radius 2 is 2.32 bits per heavy atom. The quantitative estimate of drug-likeness (QED) is 0.816. The van der Waals surface area contributed by atoms with Gasteiger partial charge in [-0.05, 0) is 25.3 Å². The van der Waals surface area contributed by atoms with Crippen molar-refractivity contribution in [2.75, 3.05) is 13.1 Å². The van der Waals surface area contributed by atoms with Crippen LogP contribution in [0.2, 0.25) is 0 Å². The second-order valence-electron chi connectivity index (χ2n) is 4.90. The first-order valence-electron chi connectivity index (χ1n) is 6.53. The predicted molar refractivity (Wildman–Crippen MR) is 69.7 cm³/mol. The molecule has 1 aliphatic rings. The summed E-state index contributed by atoms with van der Waals surface area (Å²) in [5.41, 5.74) is 2.29. The molecule has 0 saturated carbocycles. The third-order valence-corrected chi connectivity index (χ3v) is 3.41. The molecule has 2 heterocycles. The maximum absolute atomic E-state index is 9.11. The number of hydrogen-bond donors (Lipinski definition) is 0. The summed E-state index contributed by atoms with van der Waals surface area (Å²) >= 11 is 0. The van der Waals surface area contributed by atoms with Gasteiger partial charge in [-0.15, -0.1) is 0 Å². The highest BCUT2D eigenvalue weighted by Gasteiger charge is 2.20. The first-order valence-corrected chi connectivity index (χ1v) is 6.53. The minimum absolute atomic E-state index is 0.0656. The molecular formula is C14H17N5. The molecule has 0 spiro atoms. The standard InChI is InChI=1S/C14H17N5/c1-11-17-8-13-4-6-19(10-14(13)18-11)9-12(7-16)3-2-5-15/h8,12H,2-4,6,9-10H2,1H3/t12-/m1/s1. The second kappa shape index (κ2) is 6.26. The number of fused-ring (bicyclic) bond motifs is 1. The number of aromatic nitrogens is 2. The average molecular weight is 255 g/mol. The van der Waals surface area contributed by atoms with Crippen molar-refractivity contribution in [2.24, 2.45) is 5.92 Å². The number of rotatable bonds is 4. The van der Waals surface area contributed by atoms with Crippen LogP contribution in [0.5, 0.6) is 0 Å². The van der Waals surface area contributed by atoms with Crippen LogP contribution in [-0.2, 0) is 13.0 Å². The topological polar surface area (TPSA) is 76.6 Å². The number of hydrogen-bond acceptors (Lipinski definition) is 5. The lowest BCUT2D eigenvalue weighted by Gasteiger charge is -2.29. The number of nitriles is 2. The fourth-order valence-corrected chi connectivity index (χ4v) is 2.36. The Labute approximate surface area is 113 Å². The van der Waals surface area contributed by atoms with Gasteiger partial charge < -0.3 is 0 Å². The zero-order valence-corrected chi connectivity index (χ0v) is 11.1.